The van der Waals surface area contributed by atoms with Crippen molar-refractivity contribution < 1.29 is 4.79 Å². The summed E-state index contributed by atoms with van der Waals surface area (Å²) in [5.74, 6) is 0.794. The number of hydrogen-bond acceptors (Lipinski definition) is 5. The summed E-state index contributed by atoms with van der Waals surface area (Å²) in [5, 5.41) is 0. The van der Waals surface area contributed by atoms with Crippen LogP contribution >= 0.6 is 0 Å². The maximum Gasteiger partial charge on any atom is 0.274 e. The lowest BCUT2D eigenvalue weighted by atomic mass is 10.2. The number of nitrogens with zero attached hydrogens (tertiary/aromatic N) is 5. The first-order valence-electron chi connectivity index (χ1n) is 9.33. The highest BCUT2D eigenvalue weighted by atomic mass is 16.2. The number of carbonyl (C=O) groups is 1. The Morgan fingerprint density at radius 3 is 2.27 bits per heavy atom. The predicted octanol–water partition coefficient (Wildman–Crippen LogP) is 2.28. The smallest absolute Gasteiger partial charge is 0.274 e. The van der Waals surface area contributed by atoms with Gasteiger partial charge in [-0.05, 0) is 19.4 Å². The van der Waals surface area contributed by atoms with Crippen LogP contribution in [0.2, 0.25) is 0 Å². The molecule has 0 radical (unpaired) electrons. The molecule has 1 fully saturated rings. The Bertz CT molecular complexity index is 692. The molecule has 2 heterocycles. The largest absolute Gasteiger partial charge is 0.353 e. The maximum atomic E-state index is 12.3. The fourth-order valence-electron chi connectivity index (χ4n) is 3.24. The summed E-state index contributed by atoms with van der Waals surface area (Å²) < 4.78 is 0. The first-order chi connectivity index (χ1) is 12.7. The van der Waals surface area contributed by atoms with E-state index in [0.29, 0.717) is 18.8 Å². The molecule has 1 aliphatic rings. The average molecular weight is 353 g/mol. The van der Waals surface area contributed by atoms with E-state index in [-0.39, 0.29) is 5.91 Å². The van der Waals surface area contributed by atoms with Crippen LogP contribution in [0.1, 0.15) is 29.9 Å². The van der Waals surface area contributed by atoms with E-state index >= 15 is 0 Å². The van der Waals surface area contributed by atoms with Crippen LogP contribution in [0, 0.1) is 0 Å². The minimum Gasteiger partial charge on any atom is -0.353 e. The van der Waals surface area contributed by atoms with Gasteiger partial charge in [-0.15, -0.1) is 0 Å². The third kappa shape index (κ3) is 4.38. The molecule has 26 heavy (non-hydrogen) atoms. The standard InChI is InChI=1S/C20H27N5O/c1-3-24(4-2)20(26)18-14-22-19(15-21-18)25-12-10-23(11-13-25)16-17-8-6-5-7-9-17/h5-9,14-15H,3-4,10-13,16H2,1-2H3. The fourth-order valence-corrected chi connectivity index (χ4v) is 3.24. The number of carbonyl (C=O) groups excluding carboxylic acids is 1. The van der Waals surface area contributed by atoms with E-state index < -0.39 is 0 Å². The van der Waals surface area contributed by atoms with Gasteiger partial charge in [0.25, 0.3) is 5.91 Å². The van der Waals surface area contributed by atoms with E-state index in [1.165, 1.54) is 5.56 Å². The van der Waals surface area contributed by atoms with E-state index in [4.69, 9.17) is 0 Å². The van der Waals surface area contributed by atoms with Crippen molar-refractivity contribution in [2.45, 2.75) is 20.4 Å². The molecule has 138 valence electrons. The van der Waals surface area contributed by atoms with E-state index in [0.717, 1.165) is 38.5 Å². The van der Waals surface area contributed by atoms with Crippen LogP contribution in [0.5, 0.6) is 0 Å². The molecule has 1 aromatic carbocycles. The van der Waals surface area contributed by atoms with Gasteiger partial charge in [-0.2, -0.15) is 0 Å². The first-order valence-corrected chi connectivity index (χ1v) is 9.33. The molecular weight excluding hydrogens is 326 g/mol. The number of benzene rings is 1. The Morgan fingerprint density at radius 2 is 1.69 bits per heavy atom. The minimum atomic E-state index is -0.0540. The predicted molar refractivity (Wildman–Crippen MR) is 103 cm³/mol. The Labute approximate surface area is 155 Å². The summed E-state index contributed by atoms with van der Waals surface area (Å²) in [7, 11) is 0. The fraction of sp³-hybridized carbons (Fsp3) is 0.450. The highest BCUT2D eigenvalue weighted by molar-refractivity contribution is 5.92. The van der Waals surface area contributed by atoms with Gasteiger partial charge in [0.2, 0.25) is 0 Å². The molecule has 0 atom stereocenters. The van der Waals surface area contributed by atoms with Crippen molar-refractivity contribution in [1.82, 2.24) is 19.8 Å². The third-order valence-electron chi connectivity index (χ3n) is 4.85. The zero-order valence-electron chi connectivity index (χ0n) is 15.6. The quantitative estimate of drug-likeness (QED) is 0.797. The normalized spacial score (nSPS) is 15.1. The van der Waals surface area contributed by atoms with Crippen molar-refractivity contribution >= 4 is 11.7 Å². The molecule has 6 nitrogen and oxygen atoms in total. The van der Waals surface area contributed by atoms with Crippen molar-refractivity contribution in [2.24, 2.45) is 0 Å². The van der Waals surface area contributed by atoms with Gasteiger partial charge < -0.3 is 9.80 Å². The number of piperazine rings is 1. The summed E-state index contributed by atoms with van der Waals surface area (Å²) in [6, 6.07) is 10.6. The molecule has 1 aromatic heterocycles. The molecular formula is C20H27N5O. The summed E-state index contributed by atoms with van der Waals surface area (Å²) in [6.07, 6.45) is 3.33. The van der Waals surface area contributed by atoms with E-state index in [9.17, 15) is 4.79 Å². The molecule has 0 spiro atoms. The third-order valence-corrected chi connectivity index (χ3v) is 4.85. The highest BCUT2D eigenvalue weighted by Crippen LogP contribution is 2.15. The van der Waals surface area contributed by atoms with Crippen LogP contribution in [0.25, 0.3) is 0 Å². The second-order valence-electron chi connectivity index (χ2n) is 6.49. The van der Waals surface area contributed by atoms with Crippen molar-refractivity contribution in [3.63, 3.8) is 0 Å². The molecule has 6 heteroatoms. The molecule has 1 aliphatic heterocycles. The summed E-state index contributed by atoms with van der Waals surface area (Å²) in [6.45, 7) is 10.1. The van der Waals surface area contributed by atoms with Gasteiger partial charge in [-0.1, -0.05) is 30.3 Å². The number of hydrogen-bond donors (Lipinski definition) is 0. The summed E-state index contributed by atoms with van der Waals surface area (Å²) >= 11 is 0. The van der Waals surface area contributed by atoms with E-state index in [1.54, 1.807) is 17.3 Å². The lowest BCUT2D eigenvalue weighted by molar-refractivity contribution is 0.0766. The van der Waals surface area contributed by atoms with E-state index in [1.807, 2.05) is 13.8 Å². The zero-order chi connectivity index (χ0) is 18.4. The second-order valence-corrected chi connectivity index (χ2v) is 6.49. The van der Waals surface area contributed by atoms with Gasteiger partial charge in [-0.25, -0.2) is 9.97 Å². The Hall–Kier alpha value is -2.47. The molecule has 3 rings (SSSR count). The second kappa shape index (κ2) is 8.76. The Morgan fingerprint density at radius 1 is 1.00 bits per heavy atom. The lowest BCUT2D eigenvalue weighted by Gasteiger charge is -2.35. The topological polar surface area (TPSA) is 52.6 Å². The van der Waals surface area contributed by atoms with Crippen molar-refractivity contribution in [3.8, 4) is 0 Å². The number of amides is 1. The first kappa shape index (κ1) is 18.3. The molecule has 0 N–H and O–H groups in total. The van der Waals surface area contributed by atoms with Crippen LogP contribution in [0.15, 0.2) is 42.7 Å². The van der Waals surface area contributed by atoms with Gasteiger partial charge in [0, 0.05) is 45.8 Å². The summed E-state index contributed by atoms with van der Waals surface area (Å²) in [4.78, 5) is 27.6. The van der Waals surface area contributed by atoms with Crippen LogP contribution in [-0.4, -0.2) is 64.9 Å². The zero-order valence-corrected chi connectivity index (χ0v) is 15.6. The molecule has 2 aromatic rings. The van der Waals surface area contributed by atoms with Gasteiger partial charge in [-0.3, -0.25) is 9.69 Å². The van der Waals surface area contributed by atoms with Gasteiger partial charge >= 0.3 is 0 Å². The van der Waals surface area contributed by atoms with E-state index in [2.05, 4.69) is 50.1 Å². The van der Waals surface area contributed by atoms with Crippen molar-refractivity contribution in [3.05, 3.63) is 54.0 Å². The number of anilines is 1. The molecule has 1 saturated heterocycles. The molecule has 0 bridgehead atoms. The lowest BCUT2D eigenvalue weighted by Crippen LogP contribution is -2.46. The monoisotopic (exact) mass is 353 g/mol. The van der Waals surface area contributed by atoms with Crippen LogP contribution < -0.4 is 4.90 Å². The highest BCUT2D eigenvalue weighted by Gasteiger charge is 2.20. The van der Waals surface area contributed by atoms with Crippen LogP contribution in [0.3, 0.4) is 0 Å². The Balaban J connectivity index is 1.55. The van der Waals surface area contributed by atoms with Gasteiger partial charge in [0.05, 0.1) is 12.4 Å². The number of rotatable bonds is 6. The maximum absolute atomic E-state index is 12.3. The van der Waals surface area contributed by atoms with Crippen LogP contribution in [-0.2, 0) is 6.54 Å². The number of aromatic nitrogens is 2. The van der Waals surface area contributed by atoms with Gasteiger partial charge in [0.15, 0.2) is 0 Å². The molecule has 1 amide bonds. The average Bonchev–Trinajstić information content (AvgIpc) is 2.70. The Kier molecular flexibility index (Phi) is 6.17. The summed E-state index contributed by atoms with van der Waals surface area (Å²) in [5.41, 5.74) is 1.76. The van der Waals surface area contributed by atoms with Crippen LogP contribution in [0.4, 0.5) is 5.82 Å². The van der Waals surface area contributed by atoms with Gasteiger partial charge in [0.1, 0.15) is 11.5 Å². The SMILES string of the molecule is CCN(CC)C(=O)c1cnc(N2CCN(Cc3ccccc3)CC2)cn1. The molecule has 0 aliphatic carbocycles. The van der Waals surface area contributed by atoms with Crippen molar-refractivity contribution in [2.75, 3.05) is 44.2 Å². The minimum absolute atomic E-state index is 0.0540. The van der Waals surface area contributed by atoms with Crippen molar-refractivity contribution in [1.29, 1.82) is 0 Å². The molecule has 0 saturated carbocycles. The molecule has 0 unspecified atom stereocenters.